The molecule has 2 unspecified atom stereocenters. The van der Waals surface area contributed by atoms with E-state index in [9.17, 15) is 18.0 Å². The Morgan fingerprint density at radius 2 is 1.73 bits per heavy atom. The number of anilines is 1. The zero-order valence-electron chi connectivity index (χ0n) is 19.8. The lowest BCUT2D eigenvalue weighted by Gasteiger charge is -2.32. The molecule has 2 aromatic rings. The van der Waals surface area contributed by atoms with Crippen molar-refractivity contribution in [1.29, 1.82) is 0 Å². The molecule has 0 saturated heterocycles. The molecule has 0 heterocycles. The molecule has 8 nitrogen and oxygen atoms in total. The summed E-state index contributed by atoms with van der Waals surface area (Å²) in [5.74, 6) is -0.163. The number of rotatable bonds is 11. The monoisotopic (exact) mass is 475 g/mol. The lowest BCUT2D eigenvalue weighted by Crippen LogP contribution is -2.52. The van der Waals surface area contributed by atoms with Crippen molar-refractivity contribution in [2.75, 3.05) is 24.2 Å². The van der Waals surface area contributed by atoms with E-state index in [4.69, 9.17) is 4.74 Å². The molecule has 0 spiro atoms. The molecule has 0 aliphatic heterocycles. The number of nitrogens with one attached hydrogen (secondary N) is 1. The Morgan fingerprint density at radius 3 is 2.30 bits per heavy atom. The number of nitrogens with zero attached hydrogens (tertiary/aromatic N) is 2. The Hall–Kier alpha value is -3.07. The molecule has 33 heavy (non-hydrogen) atoms. The average Bonchev–Trinajstić information content (AvgIpc) is 2.80. The molecule has 1 N–H and O–H groups in total. The number of ether oxygens (including phenoxy) is 1. The first-order valence-corrected chi connectivity index (χ1v) is 12.7. The molecule has 0 radical (unpaired) electrons. The third-order valence-electron chi connectivity index (χ3n) is 5.38. The number of benzene rings is 2. The molecule has 0 aliphatic rings. The second-order valence-electron chi connectivity index (χ2n) is 7.97. The minimum atomic E-state index is -3.73. The van der Waals surface area contributed by atoms with E-state index in [2.05, 4.69) is 5.32 Å². The first-order valence-electron chi connectivity index (χ1n) is 10.8. The van der Waals surface area contributed by atoms with E-state index in [0.717, 1.165) is 22.5 Å². The molecule has 0 bridgehead atoms. The molecule has 180 valence electrons. The Labute approximate surface area is 196 Å². The third-order valence-corrected chi connectivity index (χ3v) is 6.52. The summed E-state index contributed by atoms with van der Waals surface area (Å²) in [6, 6.07) is 14.8. The molecule has 2 aromatic carbocycles. The molecular formula is C24H33N3O5S. The number of amides is 2. The van der Waals surface area contributed by atoms with E-state index in [1.807, 2.05) is 19.9 Å². The van der Waals surface area contributed by atoms with Gasteiger partial charge in [0, 0.05) is 12.6 Å². The van der Waals surface area contributed by atoms with Crippen LogP contribution in [0.25, 0.3) is 0 Å². The number of methoxy groups -OCH3 is 1. The van der Waals surface area contributed by atoms with Crippen molar-refractivity contribution in [3.8, 4) is 5.75 Å². The Morgan fingerprint density at radius 1 is 1.06 bits per heavy atom. The van der Waals surface area contributed by atoms with E-state index < -0.39 is 28.5 Å². The molecule has 2 rings (SSSR count). The van der Waals surface area contributed by atoms with Gasteiger partial charge < -0.3 is 15.0 Å². The Balaban J connectivity index is 2.37. The van der Waals surface area contributed by atoms with Crippen LogP contribution in [-0.4, -0.2) is 57.1 Å². The largest absolute Gasteiger partial charge is 0.497 e. The van der Waals surface area contributed by atoms with Crippen LogP contribution in [0.5, 0.6) is 5.75 Å². The van der Waals surface area contributed by atoms with Crippen molar-refractivity contribution >= 4 is 27.5 Å². The van der Waals surface area contributed by atoms with Crippen LogP contribution in [0.3, 0.4) is 0 Å². The van der Waals surface area contributed by atoms with Crippen molar-refractivity contribution < 1.29 is 22.7 Å². The zero-order valence-corrected chi connectivity index (χ0v) is 20.6. The minimum Gasteiger partial charge on any atom is -0.497 e. The lowest BCUT2D eigenvalue weighted by atomic mass is 10.1. The summed E-state index contributed by atoms with van der Waals surface area (Å²) >= 11 is 0. The van der Waals surface area contributed by atoms with Gasteiger partial charge in [-0.15, -0.1) is 0 Å². The predicted molar refractivity (Wildman–Crippen MR) is 130 cm³/mol. The highest BCUT2D eigenvalue weighted by atomic mass is 32.2. The second-order valence-corrected chi connectivity index (χ2v) is 9.88. The molecule has 9 heteroatoms. The number of carbonyl (C=O) groups is 2. The highest BCUT2D eigenvalue weighted by Crippen LogP contribution is 2.20. The summed E-state index contributed by atoms with van der Waals surface area (Å²) in [6.07, 6.45) is 1.80. The van der Waals surface area contributed by atoms with Gasteiger partial charge in [0.05, 0.1) is 19.1 Å². The van der Waals surface area contributed by atoms with Crippen molar-refractivity contribution in [1.82, 2.24) is 10.2 Å². The van der Waals surface area contributed by atoms with Crippen LogP contribution >= 0.6 is 0 Å². The molecule has 0 aliphatic carbocycles. The number of carbonyl (C=O) groups excluding carboxylic acids is 2. The topological polar surface area (TPSA) is 96.0 Å². The smallest absolute Gasteiger partial charge is 0.244 e. The van der Waals surface area contributed by atoms with Gasteiger partial charge in [0.1, 0.15) is 18.3 Å². The maximum atomic E-state index is 13.4. The maximum Gasteiger partial charge on any atom is 0.244 e. The van der Waals surface area contributed by atoms with Crippen molar-refractivity contribution in [2.24, 2.45) is 0 Å². The van der Waals surface area contributed by atoms with Gasteiger partial charge in [0.15, 0.2) is 0 Å². The quantitative estimate of drug-likeness (QED) is 0.539. The zero-order chi connectivity index (χ0) is 24.6. The van der Waals surface area contributed by atoms with Crippen LogP contribution in [0.2, 0.25) is 0 Å². The van der Waals surface area contributed by atoms with E-state index in [1.54, 1.807) is 62.6 Å². The maximum absolute atomic E-state index is 13.4. The predicted octanol–water partition coefficient (Wildman–Crippen LogP) is 2.79. The van der Waals surface area contributed by atoms with Crippen molar-refractivity contribution in [3.63, 3.8) is 0 Å². The van der Waals surface area contributed by atoms with Gasteiger partial charge in [-0.05, 0) is 50.1 Å². The van der Waals surface area contributed by atoms with Gasteiger partial charge in [0.2, 0.25) is 21.8 Å². The lowest BCUT2D eigenvalue weighted by molar-refractivity contribution is -0.139. The summed E-state index contributed by atoms with van der Waals surface area (Å²) in [7, 11) is -2.18. The molecule has 0 aromatic heterocycles. The van der Waals surface area contributed by atoms with Crippen molar-refractivity contribution in [3.05, 3.63) is 60.2 Å². The van der Waals surface area contributed by atoms with Gasteiger partial charge in [-0.25, -0.2) is 8.42 Å². The SMILES string of the molecule is CCC(C)NC(=O)C(C)N(Cc1cccc(OC)c1)C(=O)CN(c1ccccc1)S(C)(=O)=O. The summed E-state index contributed by atoms with van der Waals surface area (Å²) in [5.41, 5.74) is 1.14. The number of para-hydroxylation sites is 1. The fourth-order valence-electron chi connectivity index (χ4n) is 3.22. The van der Waals surface area contributed by atoms with E-state index >= 15 is 0 Å². The van der Waals surface area contributed by atoms with Crippen LogP contribution in [-0.2, 0) is 26.2 Å². The molecule has 2 atom stereocenters. The highest BCUT2D eigenvalue weighted by Gasteiger charge is 2.30. The summed E-state index contributed by atoms with van der Waals surface area (Å²) in [4.78, 5) is 27.7. The van der Waals surface area contributed by atoms with E-state index in [0.29, 0.717) is 11.4 Å². The van der Waals surface area contributed by atoms with Gasteiger partial charge in [-0.1, -0.05) is 37.3 Å². The first-order chi connectivity index (χ1) is 15.6. The molecular weight excluding hydrogens is 442 g/mol. The van der Waals surface area contributed by atoms with Gasteiger partial charge in [0.25, 0.3) is 0 Å². The molecule has 2 amide bonds. The standard InChI is InChI=1S/C24H33N3O5S/c1-6-18(2)25-24(29)19(3)26(16-20-11-10-14-22(15-20)32-4)23(28)17-27(33(5,30)31)21-12-8-7-9-13-21/h7-15,18-19H,6,16-17H2,1-5H3,(H,25,29). The van der Waals surface area contributed by atoms with Gasteiger partial charge in [-0.2, -0.15) is 0 Å². The molecule has 0 saturated carbocycles. The second kappa shape index (κ2) is 11.7. The first kappa shape index (κ1) is 26.2. The van der Waals surface area contributed by atoms with Crippen molar-refractivity contribution in [2.45, 2.75) is 45.8 Å². The third kappa shape index (κ3) is 7.49. The fourth-order valence-corrected chi connectivity index (χ4v) is 4.07. The van der Waals surface area contributed by atoms with Crippen LogP contribution in [0.4, 0.5) is 5.69 Å². The average molecular weight is 476 g/mol. The van der Waals surface area contributed by atoms with E-state index in [-0.39, 0.29) is 18.5 Å². The number of hydrogen-bond donors (Lipinski definition) is 1. The Kier molecular flexibility index (Phi) is 9.28. The normalized spacial score (nSPS) is 13.0. The highest BCUT2D eigenvalue weighted by molar-refractivity contribution is 7.92. The van der Waals surface area contributed by atoms with Crippen LogP contribution < -0.4 is 14.4 Å². The number of sulfonamides is 1. The summed E-state index contributed by atoms with van der Waals surface area (Å²) in [6.45, 7) is 5.19. The minimum absolute atomic E-state index is 0.0504. The van der Waals surface area contributed by atoms with Crippen LogP contribution in [0.15, 0.2) is 54.6 Å². The summed E-state index contributed by atoms with van der Waals surface area (Å²) in [5, 5.41) is 2.90. The van der Waals surface area contributed by atoms with Crippen LogP contribution in [0, 0.1) is 0 Å². The van der Waals surface area contributed by atoms with Gasteiger partial charge >= 0.3 is 0 Å². The fraction of sp³-hybridized carbons (Fsp3) is 0.417. The molecule has 0 fully saturated rings. The number of hydrogen-bond acceptors (Lipinski definition) is 5. The van der Waals surface area contributed by atoms with E-state index in [1.165, 1.54) is 4.90 Å². The van der Waals surface area contributed by atoms with Crippen LogP contribution in [0.1, 0.15) is 32.8 Å². The van der Waals surface area contributed by atoms with Gasteiger partial charge in [-0.3, -0.25) is 13.9 Å². The Bertz CT molecular complexity index is 1040. The summed E-state index contributed by atoms with van der Waals surface area (Å²) < 4.78 is 31.3.